The Balaban J connectivity index is 2.54. The maximum absolute atomic E-state index is 11.3. The molecule has 3 nitrogen and oxygen atoms in total. The molecule has 0 saturated carbocycles. The van der Waals surface area contributed by atoms with E-state index in [-0.39, 0.29) is 12.3 Å². The van der Waals surface area contributed by atoms with Crippen LogP contribution in [0, 0.1) is 0 Å². The van der Waals surface area contributed by atoms with Crippen molar-refractivity contribution in [2.24, 2.45) is 0 Å². The first kappa shape index (κ1) is 10.2. The van der Waals surface area contributed by atoms with Crippen LogP contribution in [0.3, 0.4) is 0 Å². The van der Waals surface area contributed by atoms with Crippen molar-refractivity contribution in [2.75, 3.05) is 5.32 Å². The van der Waals surface area contributed by atoms with Gasteiger partial charge in [-0.25, -0.2) is 4.79 Å². The van der Waals surface area contributed by atoms with Gasteiger partial charge in [0.15, 0.2) is 0 Å². The fourth-order valence-electron chi connectivity index (χ4n) is 1.00. The Morgan fingerprint density at radius 2 is 2.00 bits per heavy atom. The van der Waals surface area contributed by atoms with Crippen molar-refractivity contribution in [1.29, 1.82) is 0 Å². The molecule has 1 rings (SSSR count). The molecule has 0 atom stereocenters. The fraction of sp³-hybridized carbons (Fsp3) is 0.182. The molecule has 1 N–H and O–H groups in total. The standard InChI is InChI=1S/C11H11NO2/c1-9(8-13)7-11(14)12-10-5-3-2-4-6-10/h2-6H,7H2,1H3,(H,12,14). The maximum atomic E-state index is 11.3. The van der Waals surface area contributed by atoms with Crippen LogP contribution in [0.4, 0.5) is 5.69 Å². The smallest absolute Gasteiger partial charge is 0.229 e. The second-order valence-corrected chi connectivity index (χ2v) is 2.97. The van der Waals surface area contributed by atoms with Gasteiger partial charge in [0, 0.05) is 11.3 Å². The quantitative estimate of drug-likeness (QED) is 0.737. The highest BCUT2D eigenvalue weighted by atomic mass is 16.1. The largest absolute Gasteiger partial charge is 0.326 e. The van der Waals surface area contributed by atoms with Gasteiger partial charge in [-0.15, -0.1) is 0 Å². The van der Waals surface area contributed by atoms with Crippen molar-refractivity contribution in [2.45, 2.75) is 13.3 Å². The van der Waals surface area contributed by atoms with Gasteiger partial charge in [0.25, 0.3) is 0 Å². The molecule has 0 aliphatic carbocycles. The zero-order valence-electron chi connectivity index (χ0n) is 7.91. The number of carbonyl (C=O) groups excluding carboxylic acids is 2. The number of para-hydroxylation sites is 1. The summed E-state index contributed by atoms with van der Waals surface area (Å²) >= 11 is 0. The number of benzene rings is 1. The predicted molar refractivity (Wildman–Crippen MR) is 54.6 cm³/mol. The van der Waals surface area contributed by atoms with E-state index in [0.29, 0.717) is 5.57 Å². The average molecular weight is 189 g/mol. The molecule has 1 aromatic rings. The Hall–Kier alpha value is -1.86. The molecule has 0 aromatic heterocycles. The summed E-state index contributed by atoms with van der Waals surface area (Å²) in [7, 11) is 0. The first-order valence-electron chi connectivity index (χ1n) is 4.28. The molecule has 1 aromatic carbocycles. The molecular weight excluding hydrogens is 178 g/mol. The van der Waals surface area contributed by atoms with E-state index in [1.54, 1.807) is 25.0 Å². The number of hydrogen-bond donors (Lipinski definition) is 1. The summed E-state index contributed by atoms with van der Waals surface area (Å²) in [4.78, 5) is 21.4. The molecule has 0 radical (unpaired) electrons. The molecule has 14 heavy (non-hydrogen) atoms. The molecule has 0 saturated heterocycles. The zero-order chi connectivity index (χ0) is 10.4. The van der Waals surface area contributed by atoms with E-state index in [0.717, 1.165) is 5.69 Å². The molecule has 1 amide bonds. The Morgan fingerprint density at radius 1 is 1.36 bits per heavy atom. The van der Waals surface area contributed by atoms with Gasteiger partial charge in [0.1, 0.15) is 5.94 Å². The lowest BCUT2D eigenvalue weighted by Gasteiger charge is -2.02. The predicted octanol–water partition coefficient (Wildman–Crippen LogP) is 1.79. The van der Waals surface area contributed by atoms with E-state index >= 15 is 0 Å². The van der Waals surface area contributed by atoms with Gasteiger partial charge in [-0.2, -0.15) is 0 Å². The summed E-state index contributed by atoms with van der Waals surface area (Å²) < 4.78 is 0. The highest BCUT2D eigenvalue weighted by Crippen LogP contribution is 2.06. The second kappa shape index (κ2) is 5.00. The summed E-state index contributed by atoms with van der Waals surface area (Å²) in [5, 5.41) is 2.67. The van der Waals surface area contributed by atoms with Crippen LogP contribution in [0.15, 0.2) is 35.9 Å². The Bertz CT molecular complexity index is 364. The molecule has 0 bridgehead atoms. The molecule has 0 aliphatic rings. The van der Waals surface area contributed by atoms with Gasteiger partial charge >= 0.3 is 0 Å². The van der Waals surface area contributed by atoms with Crippen LogP contribution in [0.1, 0.15) is 13.3 Å². The lowest BCUT2D eigenvalue weighted by Crippen LogP contribution is -2.11. The van der Waals surface area contributed by atoms with Crippen molar-refractivity contribution in [3.8, 4) is 0 Å². The van der Waals surface area contributed by atoms with Gasteiger partial charge in [0.05, 0.1) is 6.42 Å². The van der Waals surface area contributed by atoms with Crippen LogP contribution in [0.2, 0.25) is 0 Å². The lowest BCUT2D eigenvalue weighted by molar-refractivity contribution is -0.115. The first-order chi connectivity index (χ1) is 6.72. The molecule has 0 aliphatic heterocycles. The summed E-state index contributed by atoms with van der Waals surface area (Å²) in [6.07, 6.45) is 0.0956. The van der Waals surface area contributed by atoms with E-state index in [1.807, 2.05) is 18.2 Å². The van der Waals surface area contributed by atoms with E-state index in [9.17, 15) is 9.59 Å². The minimum absolute atomic E-state index is 0.0956. The van der Waals surface area contributed by atoms with Crippen molar-refractivity contribution >= 4 is 17.5 Å². The number of nitrogens with one attached hydrogen (secondary N) is 1. The van der Waals surface area contributed by atoms with Crippen LogP contribution in [-0.4, -0.2) is 11.8 Å². The molecule has 72 valence electrons. The summed E-state index contributed by atoms with van der Waals surface area (Å²) in [6.45, 7) is 1.58. The highest BCUT2D eigenvalue weighted by molar-refractivity contribution is 5.93. The summed E-state index contributed by atoms with van der Waals surface area (Å²) in [6, 6.07) is 9.11. The first-order valence-corrected chi connectivity index (χ1v) is 4.28. The van der Waals surface area contributed by atoms with Crippen molar-refractivity contribution in [3.63, 3.8) is 0 Å². The summed E-state index contributed by atoms with van der Waals surface area (Å²) in [5.41, 5.74) is 1.13. The monoisotopic (exact) mass is 189 g/mol. The number of carbonyl (C=O) groups is 1. The SMILES string of the molecule is CC(=C=O)CC(=O)Nc1ccccc1. The van der Waals surface area contributed by atoms with Gasteiger partial charge in [-0.3, -0.25) is 4.79 Å². The van der Waals surface area contributed by atoms with Crippen LogP contribution < -0.4 is 5.32 Å². The Labute approximate surface area is 82.4 Å². The number of rotatable bonds is 3. The summed E-state index contributed by atoms with van der Waals surface area (Å²) in [5.74, 6) is 1.49. The molecule has 0 heterocycles. The Kier molecular flexibility index (Phi) is 3.65. The third-order valence-corrected chi connectivity index (χ3v) is 1.66. The molecule has 0 unspecified atom stereocenters. The van der Waals surface area contributed by atoms with Gasteiger partial charge in [0.2, 0.25) is 5.91 Å². The van der Waals surface area contributed by atoms with E-state index in [2.05, 4.69) is 5.32 Å². The van der Waals surface area contributed by atoms with E-state index in [4.69, 9.17) is 0 Å². The number of anilines is 1. The maximum Gasteiger partial charge on any atom is 0.229 e. The normalized spacial score (nSPS) is 8.93. The third-order valence-electron chi connectivity index (χ3n) is 1.66. The third kappa shape index (κ3) is 3.25. The van der Waals surface area contributed by atoms with Crippen LogP contribution in [-0.2, 0) is 9.59 Å². The van der Waals surface area contributed by atoms with Crippen molar-refractivity contribution in [3.05, 3.63) is 35.9 Å². The lowest BCUT2D eigenvalue weighted by atomic mass is 10.2. The minimum Gasteiger partial charge on any atom is -0.326 e. The van der Waals surface area contributed by atoms with Crippen LogP contribution in [0.25, 0.3) is 0 Å². The molecular formula is C11H11NO2. The number of amides is 1. The van der Waals surface area contributed by atoms with Crippen molar-refractivity contribution in [1.82, 2.24) is 0 Å². The van der Waals surface area contributed by atoms with Gasteiger partial charge in [-0.05, 0) is 19.1 Å². The molecule has 0 fully saturated rings. The fourth-order valence-corrected chi connectivity index (χ4v) is 1.00. The second-order valence-electron chi connectivity index (χ2n) is 2.97. The van der Waals surface area contributed by atoms with Gasteiger partial charge < -0.3 is 5.32 Å². The molecule has 0 spiro atoms. The topological polar surface area (TPSA) is 46.2 Å². The van der Waals surface area contributed by atoms with Crippen LogP contribution >= 0.6 is 0 Å². The Morgan fingerprint density at radius 3 is 2.57 bits per heavy atom. The van der Waals surface area contributed by atoms with Gasteiger partial charge in [-0.1, -0.05) is 18.2 Å². The number of hydrogen-bond acceptors (Lipinski definition) is 2. The van der Waals surface area contributed by atoms with E-state index in [1.165, 1.54) is 0 Å². The molecule has 3 heteroatoms. The minimum atomic E-state index is -0.197. The van der Waals surface area contributed by atoms with Crippen LogP contribution in [0.5, 0.6) is 0 Å². The zero-order valence-corrected chi connectivity index (χ0v) is 7.91. The highest BCUT2D eigenvalue weighted by Gasteiger charge is 2.02. The van der Waals surface area contributed by atoms with E-state index < -0.39 is 0 Å². The van der Waals surface area contributed by atoms with Crippen molar-refractivity contribution < 1.29 is 9.59 Å². The average Bonchev–Trinajstić information content (AvgIpc) is 2.19.